The van der Waals surface area contributed by atoms with Crippen LogP contribution in [-0.4, -0.2) is 17.1 Å². The van der Waals surface area contributed by atoms with Crippen molar-refractivity contribution < 1.29 is 4.74 Å². The average molecular weight is 252 g/mol. The van der Waals surface area contributed by atoms with Crippen LogP contribution in [0.15, 0.2) is 0 Å². The Morgan fingerprint density at radius 1 is 1.35 bits per heavy atom. The minimum atomic E-state index is -0.0462. The molecule has 0 amide bonds. The molecule has 3 nitrogen and oxygen atoms in total. The third-order valence-electron chi connectivity index (χ3n) is 3.25. The van der Waals surface area contributed by atoms with E-state index in [-0.39, 0.29) is 11.5 Å². The number of aromatic nitrogens is 2. The van der Waals surface area contributed by atoms with Crippen LogP contribution in [0.5, 0.6) is 0 Å². The topological polar surface area (TPSA) is 37.9 Å². The van der Waals surface area contributed by atoms with Gasteiger partial charge in [0.05, 0.1) is 0 Å². The summed E-state index contributed by atoms with van der Waals surface area (Å²) in [7, 11) is 1.72. The molecule has 1 aromatic heterocycles. The number of hydrogen-bond acceptors (Lipinski definition) is 3. The Bertz CT molecular complexity index is 473. The largest absolute Gasteiger partial charge is 0.373 e. The number of rotatable bonds is 2. The highest BCUT2D eigenvalue weighted by molar-refractivity contribution is 7.71. The van der Waals surface area contributed by atoms with E-state index in [4.69, 9.17) is 17.0 Å². The molecule has 0 spiro atoms. The first-order chi connectivity index (χ1) is 7.93. The van der Waals surface area contributed by atoms with E-state index in [1.165, 1.54) is 17.7 Å². The second-order valence-electron chi connectivity index (χ2n) is 5.72. The summed E-state index contributed by atoms with van der Waals surface area (Å²) in [5.41, 5.74) is 2.49. The van der Waals surface area contributed by atoms with Crippen molar-refractivity contribution in [3.8, 4) is 0 Å². The molecule has 4 heteroatoms. The van der Waals surface area contributed by atoms with Gasteiger partial charge in [-0.2, -0.15) is 0 Å². The maximum Gasteiger partial charge on any atom is 0.137 e. The van der Waals surface area contributed by atoms with Gasteiger partial charge in [0.15, 0.2) is 0 Å². The number of H-pyrrole nitrogens is 1. The second-order valence-corrected chi connectivity index (χ2v) is 6.11. The Balaban J connectivity index is 2.46. The molecule has 17 heavy (non-hydrogen) atoms. The molecule has 0 saturated carbocycles. The molecule has 2 rings (SSSR count). The lowest BCUT2D eigenvalue weighted by molar-refractivity contribution is 0.00843. The van der Waals surface area contributed by atoms with Crippen LogP contribution in [0.3, 0.4) is 0 Å². The first kappa shape index (κ1) is 12.7. The number of aryl methyl sites for hydroxylation is 1. The summed E-state index contributed by atoms with van der Waals surface area (Å²) in [6.07, 6.45) is 3.27. The monoisotopic (exact) mass is 252 g/mol. The van der Waals surface area contributed by atoms with Crippen LogP contribution in [0.25, 0.3) is 0 Å². The van der Waals surface area contributed by atoms with Crippen molar-refractivity contribution >= 4 is 12.2 Å². The van der Waals surface area contributed by atoms with Gasteiger partial charge in [0, 0.05) is 18.4 Å². The molecule has 0 bridgehead atoms. The summed E-state index contributed by atoms with van der Waals surface area (Å²) >= 11 is 5.37. The molecular weight excluding hydrogens is 232 g/mol. The lowest BCUT2D eigenvalue weighted by Gasteiger charge is -2.28. The maximum absolute atomic E-state index is 5.58. The number of fused-ring (bicyclic) bond motifs is 1. The molecule has 1 aliphatic rings. The third kappa shape index (κ3) is 2.43. The van der Waals surface area contributed by atoms with E-state index in [9.17, 15) is 0 Å². The van der Waals surface area contributed by atoms with Crippen molar-refractivity contribution in [2.75, 3.05) is 7.11 Å². The van der Waals surface area contributed by atoms with Gasteiger partial charge >= 0.3 is 0 Å². The summed E-state index contributed by atoms with van der Waals surface area (Å²) < 4.78 is 6.32. The van der Waals surface area contributed by atoms with Gasteiger partial charge in [-0.25, -0.2) is 4.98 Å². The molecule has 94 valence electrons. The average Bonchev–Trinajstić information content (AvgIpc) is 2.64. The van der Waals surface area contributed by atoms with Crippen LogP contribution < -0.4 is 0 Å². The first-order valence-corrected chi connectivity index (χ1v) is 6.49. The van der Waals surface area contributed by atoms with Gasteiger partial charge in [0.25, 0.3) is 0 Å². The summed E-state index contributed by atoms with van der Waals surface area (Å²) in [5.74, 6) is 0.866. The van der Waals surface area contributed by atoms with Crippen molar-refractivity contribution in [1.82, 2.24) is 9.97 Å². The van der Waals surface area contributed by atoms with Crippen LogP contribution in [0.4, 0.5) is 0 Å². The van der Waals surface area contributed by atoms with E-state index >= 15 is 0 Å². The molecule has 0 fully saturated rings. The maximum atomic E-state index is 5.58. The minimum Gasteiger partial charge on any atom is -0.373 e. The van der Waals surface area contributed by atoms with Crippen LogP contribution >= 0.6 is 12.2 Å². The summed E-state index contributed by atoms with van der Waals surface area (Å²) in [5, 5.41) is 0. The zero-order valence-corrected chi connectivity index (χ0v) is 11.8. The second kappa shape index (κ2) is 4.50. The fourth-order valence-corrected chi connectivity index (χ4v) is 2.80. The van der Waals surface area contributed by atoms with E-state index in [1.54, 1.807) is 7.11 Å². The Kier molecular flexibility index (Phi) is 3.36. The molecular formula is C13H20N2OS. The van der Waals surface area contributed by atoms with E-state index in [0.717, 1.165) is 23.3 Å². The van der Waals surface area contributed by atoms with E-state index < -0.39 is 0 Å². The lowest BCUT2D eigenvalue weighted by Crippen LogP contribution is -2.23. The normalized spacial score (nSPS) is 16.9. The fourth-order valence-electron chi connectivity index (χ4n) is 2.48. The van der Waals surface area contributed by atoms with Crippen molar-refractivity contribution in [1.29, 1.82) is 0 Å². The number of aromatic amines is 1. The van der Waals surface area contributed by atoms with Crippen LogP contribution in [0.1, 0.15) is 50.4 Å². The molecule has 0 aliphatic heterocycles. The smallest absolute Gasteiger partial charge is 0.137 e. The molecule has 1 unspecified atom stereocenters. The highest BCUT2D eigenvalue weighted by Crippen LogP contribution is 2.34. The number of methoxy groups -OCH3 is 1. The van der Waals surface area contributed by atoms with Gasteiger partial charge < -0.3 is 9.72 Å². The third-order valence-corrected chi connectivity index (χ3v) is 3.59. The molecule has 1 aromatic rings. The van der Waals surface area contributed by atoms with Crippen LogP contribution in [0.2, 0.25) is 0 Å². The van der Waals surface area contributed by atoms with Gasteiger partial charge in [-0.05, 0) is 24.7 Å². The first-order valence-electron chi connectivity index (χ1n) is 6.08. The Hall–Kier alpha value is -0.740. The fraction of sp³-hybridized carbons (Fsp3) is 0.692. The molecule has 1 N–H and O–H groups in total. The number of nitrogens with zero attached hydrogens (tertiary/aromatic N) is 1. The Labute approximate surface area is 108 Å². The van der Waals surface area contributed by atoms with Gasteiger partial charge in [-0.1, -0.05) is 33.0 Å². The number of ether oxygens (including phenoxy) is 1. The predicted molar refractivity (Wildman–Crippen MR) is 70.7 cm³/mol. The van der Waals surface area contributed by atoms with Crippen LogP contribution in [0, 0.1) is 10.1 Å². The lowest BCUT2D eigenvalue weighted by atomic mass is 9.88. The molecule has 1 heterocycles. The SMILES string of the molecule is COC(c1nc(=S)c2c([nH]1)CCC2)C(C)(C)C. The number of hydrogen-bond donors (Lipinski definition) is 1. The van der Waals surface area contributed by atoms with Gasteiger partial charge in [0.2, 0.25) is 0 Å². The standard InChI is InChI=1S/C13H20N2OS/c1-13(2,3)10(16-4)11-14-9-7-5-6-8(9)12(17)15-11/h10H,5-7H2,1-4H3,(H,14,15,17). The molecule has 0 saturated heterocycles. The highest BCUT2D eigenvalue weighted by Gasteiger charge is 2.29. The van der Waals surface area contributed by atoms with E-state index in [0.29, 0.717) is 0 Å². The summed E-state index contributed by atoms with van der Waals surface area (Å²) in [6, 6.07) is 0. The van der Waals surface area contributed by atoms with E-state index in [2.05, 4.69) is 30.7 Å². The Morgan fingerprint density at radius 3 is 2.65 bits per heavy atom. The number of nitrogens with one attached hydrogen (secondary N) is 1. The van der Waals surface area contributed by atoms with Crippen LogP contribution in [-0.2, 0) is 17.6 Å². The van der Waals surface area contributed by atoms with Gasteiger partial charge in [0.1, 0.15) is 16.6 Å². The van der Waals surface area contributed by atoms with Crippen molar-refractivity contribution in [3.63, 3.8) is 0 Å². The van der Waals surface area contributed by atoms with Crippen molar-refractivity contribution in [2.24, 2.45) is 5.41 Å². The predicted octanol–water partition coefficient (Wildman–Crippen LogP) is 3.36. The van der Waals surface area contributed by atoms with Crippen molar-refractivity contribution in [3.05, 3.63) is 21.7 Å². The molecule has 0 radical (unpaired) electrons. The van der Waals surface area contributed by atoms with Gasteiger partial charge in [-0.15, -0.1) is 0 Å². The minimum absolute atomic E-state index is 0.00681. The Morgan fingerprint density at radius 2 is 2.06 bits per heavy atom. The van der Waals surface area contributed by atoms with E-state index in [1.807, 2.05) is 0 Å². The van der Waals surface area contributed by atoms with Crippen molar-refractivity contribution in [2.45, 2.75) is 46.1 Å². The quantitative estimate of drug-likeness (QED) is 0.820. The summed E-state index contributed by atoms with van der Waals surface area (Å²) in [6.45, 7) is 6.44. The molecule has 0 aromatic carbocycles. The highest BCUT2D eigenvalue weighted by atomic mass is 32.1. The van der Waals surface area contributed by atoms with Gasteiger partial charge in [-0.3, -0.25) is 0 Å². The summed E-state index contributed by atoms with van der Waals surface area (Å²) in [4.78, 5) is 7.94. The molecule has 1 atom stereocenters. The zero-order chi connectivity index (χ0) is 12.6. The zero-order valence-electron chi connectivity index (χ0n) is 11.0. The molecule has 1 aliphatic carbocycles.